The lowest BCUT2D eigenvalue weighted by molar-refractivity contribution is -0.384. The molecule has 21 heavy (non-hydrogen) atoms. The van der Waals surface area contributed by atoms with E-state index in [0.29, 0.717) is 12.8 Å². The van der Waals surface area contributed by atoms with Crippen molar-refractivity contribution in [2.24, 2.45) is 0 Å². The molecule has 0 aliphatic heterocycles. The van der Waals surface area contributed by atoms with Crippen LogP contribution in [0.1, 0.15) is 19.8 Å². The molecule has 112 valence electrons. The quantitative estimate of drug-likeness (QED) is 0.334. The van der Waals surface area contributed by atoms with Crippen LogP contribution in [-0.4, -0.2) is 19.1 Å². The van der Waals surface area contributed by atoms with Crippen molar-refractivity contribution in [3.8, 4) is 0 Å². The Balaban J connectivity index is 2.68. The minimum absolute atomic E-state index is 0.00336. The Morgan fingerprint density at radius 3 is 2.29 bits per heavy atom. The van der Waals surface area contributed by atoms with E-state index in [9.17, 15) is 23.3 Å². The van der Waals surface area contributed by atoms with E-state index in [-0.39, 0.29) is 16.4 Å². The van der Waals surface area contributed by atoms with Crippen LogP contribution in [0.25, 0.3) is 0 Å². The van der Waals surface area contributed by atoms with Gasteiger partial charge >= 0.3 is 0 Å². The molecule has 0 atom stereocenters. The van der Waals surface area contributed by atoms with Gasteiger partial charge in [-0.2, -0.15) is 0 Å². The first kappa shape index (κ1) is 16.8. The highest BCUT2D eigenvalue weighted by atomic mass is 32.2. The number of hydrogen-bond acceptors (Lipinski definition) is 5. The third kappa shape index (κ3) is 5.70. The fraction of sp³-hybridized carbons (Fsp3) is 0.214. The lowest BCUT2D eigenvalue weighted by atomic mass is 10.2. The third-order valence-electron chi connectivity index (χ3n) is 2.50. The van der Waals surface area contributed by atoms with E-state index >= 15 is 0 Å². The molecular weight excluding hydrogens is 294 g/mol. The summed E-state index contributed by atoms with van der Waals surface area (Å²) in [6, 6.07) is 4.70. The first-order valence-corrected chi connectivity index (χ1v) is 7.71. The fourth-order valence-corrected chi connectivity index (χ4v) is 2.53. The molecule has 1 aromatic rings. The van der Waals surface area contributed by atoms with Gasteiger partial charge in [0.1, 0.15) is 0 Å². The molecule has 7 heteroatoms. The number of ketones is 1. The standard InChI is InChI=1S/C14H15NO5S/c1-12(16)6-4-2-3-5-11-21(19,20)14-9-7-13(8-10-14)15(17)18/h4-11H,2-3H2,1H3/b6-4+,11-5+. The second-order valence-corrected chi connectivity index (χ2v) is 6.09. The molecule has 0 spiro atoms. The minimum Gasteiger partial charge on any atom is -0.295 e. The summed E-state index contributed by atoms with van der Waals surface area (Å²) in [6.45, 7) is 1.44. The van der Waals surface area contributed by atoms with Crippen molar-refractivity contribution >= 4 is 21.3 Å². The summed E-state index contributed by atoms with van der Waals surface area (Å²) in [5, 5.41) is 11.6. The van der Waals surface area contributed by atoms with E-state index in [2.05, 4.69) is 0 Å². The Bertz CT molecular complexity index is 672. The number of rotatable bonds is 7. The number of non-ortho nitro benzene ring substituents is 1. The zero-order chi connectivity index (χ0) is 15.9. The maximum Gasteiger partial charge on any atom is 0.269 e. The lowest BCUT2D eigenvalue weighted by Crippen LogP contribution is -1.96. The second-order valence-electron chi connectivity index (χ2n) is 4.26. The molecule has 1 aromatic carbocycles. The predicted molar refractivity (Wildman–Crippen MR) is 78.5 cm³/mol. The lowest BCUT2D eigenvalue weighted by Gasteiger charge is -1.98. The molecule has 0 radical (unpaired) electrons. The van der Waals surface area contributed by atoms with Crippen LogP contribution >= 0.6 is 0 Å². The first-order valence-electron chi connectivity index (χ1n) is 6.16. The summed E-state index contributed by atoms with van der Waals surface area (Å²) in [5.74, 6) is -0.0579. The van der Waals surface area contributed by atoms with Gasteiger partial charge in [-0.05, 0) is 38.0 Å². The molecule has 0 amide bonds. The van der Waals surface area contributed by atoms with Crippen molar-refractivity contribution in [3.05, 3.63) is 58.0 Å². The Labute approximate surface area is 122 Å². The molecule has 1 rings (SSSR count). The van der Waals surface area contributed by atoms with Gasteiger partial charge in [-0.25, -0.2) is 8.42 Å². The van der Waals surface area contributed by atoms with E-state index in [1.54, 1.807) is 6.08 Å². The molecule has 0 fully saturated rings. The Hall–Kier alpha value is -2.28. The highest BCUT2D eigenvalue weighted by Crippen LogP contribution is 2.17. The largest absolute Gasteiger partial charge is 0.295 e. The average molecular weight is 309 g/mol. The average Bonchev–Trinajstić information content (AvgIpc) is 2.42. The summed E-state index contributed by atoms with van der Waals surface area (Å²) >= 11 is 0. The summed E-state index contributed by atoms with van der Waals surface area (Å²) in [5.41, 5.74) is -0.160. The van der Waals surface area contributed by atoms with Crippen molar-refractivity contribution in [3.63, 3.8) is 0 Å². The first-order chi connectivity index (χ1) is 9.83. The van der Waals surface area contributed by atoms with E-state index in [1.807, 2.05) is 0 Å². The van der Waals surface area contributed by atoms with Gasteiger partial charge in [0.2, 0.25) is 0 Å². The number of allylic oxidation sites excluding steroid dienone is 3. The van der Waals surface area contributed by atoms with E-state index in [0.717, 1.165) is 17.5 Å². The number of sulfone groups is 1. The van der Waals surface area contributed by atoms with E-state index in [4.69, 9.17) is 0 Å². The summed E-state index contributed by atoms with van der Waals surface area (Å²) in [4.78, 5) is 20.6. The van der Waals surface area contributed by atoms with Crippen LogP contribution in [0.3, 0.4) is 0 Å². The Morgan fingerprint density at radius 2 is 1.76 bits per heavy atom. The molecule has 0 aliphatic rings. The van der Waals surface area contributed by atoms with Crippen LogP contribution in [0.5, 0.6) is 0 Å². The van der Waals surface area contributed by atoms with Crippen molar-refractivity contribution in [1.82, 2.24) is 0 Å². The Kier molecular flexibility index (Phi) is 5.98. The van der Waals surface area contributed by atoms with E-state index < -0.39 is 14.8 Å². The molecule has 0 N–H and O–H groups in total. The molecule has 6 nitrogen and oxygen atoms in total. The normalized spacial score (nSPS) is 12.0. The van der Waals surface area contributed by atoms with E-state index in [1.165, 1.54) is 31.2 Å². The number of benzene rings is 1. The minimum atomic E-state index is -3.60. The Morgan fingerprint density at radius 1 is 1.19 bits per heavy atom. The van der Waals surface area contributed by atoms with Gasteiger partial charge in [0.05, 0.1) is 9.82 Å². The molecule has 0 aromatic heterocycles. The number of nitro groups is 1. The van der Waals surface area contributed by atoms with Crippen molar-refractivity contribution < 1.29 is 18.1 Å². The number of nitrogens with zero attached hydrogens (tertiary/aromatic N) is 1. The molecule has 0 heterocycles. The number of carbonyl (C=O) groups is 1. The van der Waals surface area contributed by atoms with Gasteiger partial charge in [-0.15, -0.1) is 0 Å². The van der Waals surface area contributed by atoms with Crippen molar-refractivity contribution in [2.75, 3.05) is 0 Å². The summed E-state index contributed by atoms with van der Waals surface area (Å²) < 4.78 is 23.9. The topological polar surface area (TPSA) is 94.3 Å². The fourth-order valence-electron chi connectivity index (χ4n) is 1.47. The highest BCUT2D eigenvalue weighted by Gasteiger charge is 2.12. The molecule has 0 aliphatic carbocycles. The SMILES string of the molecule is CC(=O)/C=C/CC/C=C/S(=O)(=O)c1ccc([N+](=O)[O-])cc1. The smallest absolute Gasteiger partial charge is 0.269 e. The number of nitro benzene ring substituents is 1. The maximum absolute atomic E-state index is 11.9. The van der Waals surface area contributed by atoms with Gasteiger partial charge in [0.15, 0.2) is 15.6 Å². The second kappa shape index (κ2) is 7.49. The van der Waals surface area contributed by atoms with Crippen molar-refractivity contribution in [2.45, 2.75) is 24.7 Å². The number of hydrogen-bond donors (Lipinski definition) is 0. The van der Waals surface area contributed by atoms with Gasteiger partial charge in [-0.3, -0.25) is 14.9 Å². The van der Waals surface area contributed by atoms with Gasteiger partial charge in [0, 0.05) is 17.5 Å². The molecule has 0 unspecified atom stereocenters. The van der Waals surface area contributed by atoms with Crippen LogP contribution in [0.15, 0.2) is 52.8 Å². The zero-order valence-electron chi connectivity index (χ0n) is 11.4. The monoisotopic (exact) mass is 309 g/mol. The summed E-state index contributed by atoms with van der Waals surface area (Å²) in [6.07, 6.45) is 5.63. The predicted octanol–water partition coefficient (Wildman–Crippen LogP) is 2.81. The third-order valence-corrected chi connectivity index (χ3v) is 3.98. The van der Waals surface area contributed by atoms with Crippen LogP contribution in [0.2, 0.25) is 0 Å². The zero-order valence-corrected chi connectivity index (χ0v) is 12.2. The van der Waals surface area contributed by atoms with Crippen molar-refractivity contribution in [1.29, 1.82) is 0 Å². The van der Waals surface area contributed by atoms with Gasteiger partial charge in [-0.1, -0.05) is 12.2 Å². The highest BCUT2D eigenvalue weighted by molar-refractivity contribution is 7.94. The molecule has 0 saturated carbocycles. The molecule has 0 bridgehead atoms. The van der Waals surface area contributed by atoms with Crippen LogP contribution in [0.4, 0.5) is 5.69 Å². The molecular formula is C14H15NO5S. The number of carbonyl (C=O) groups excluding carboxylic acids is 1. The maximum atomic E-state index is 11.9. The summed E-state index contributed by atoms with van der Waals surface area (Å²) in [7, 11) is -3.60. The van der Waals surface area contributed by atoms with Crippen LogP contribution in [0, 0.1) is 10.1 Å². The molecule has 0 saturated heterocycles. The van der Waals surface area contributed by atoms with Crippen LogP contribution in [-0.2, 0) is 14.6 Å². The van der Waals surface area contributed by atoms with Gasteiger partial charge < -0.3 is 0 Å². The number of unbranched alkanes of at least 4 members (excludes halogenated alkanes) is 1. The van der Waals surface area contributed by atoms with Crippen LogP contribution < -0.4 is 0 Å². The van der Waals surface area contributed by atoms with Gasteiger partial charge in [0.25, 0.3) is 5.69 Å².